The van der Waals surface area contributed by atoms with Gasteiger partial charge in [-0.2, -0.15) is 0 Å². The molecule has 2 rings (SSSR count). The Hall–Kier alpha value is -1.31. The summed E-state index contributed by atoms with van der Waals surface area (Å²) in [5.74, 6) is -0.0534. The van der Waals surface area contributed by atoms with Crippen molar-refractivity contribution >= 4 is 29.0 Å². The highest BCUT2D eigenvalue weighted by Crippen LogP contribution is 2.21. The van der Waals surface area contributed by atoms with Gasteiger partial charge in [-0.05, 0) is 36.2 Å². The van der Waals surface area contributed by atoms with Crippen molar-refractivity contribution in [1.82, 2.24) is 0 Å². The van der Waals surface area contributed by atoms with E-state index in [0.29, 0.717) is 21.2 Å². The summed E-state index contributed by atoms with van der Waals surface area (Å²) < 4.78 is 0. The van der Waals surface area contributed by atoms with Crippen LogP contribution in [0.4, 0.5) is 0 Å². The first-order valence-corrected chi connectivity index (χ1v) is 6.95. The lowest BCUT2D eigenvalue weighted by Crippen LogP contribution is -2.02. The molecule has 2 aromatic rings. The fraction of sp³-hybridized carbons (Fsp3) is 0.188. The van der Waals surface area contributed by atoms with Crippen LogP contribution in [0.3, 0.4) is 0 Å². The van der Waals surface area contributed by atoms with Crippen LogP contribution in [0.1, 0.15) is 34.8 Å². The van der Waals surface area contributed by atoms with Crippen LogP contribution < -0.4 is 0 Å². The molecule has 0 aliphatic heterocycles. The highest BCUT2D eigenvalue weighted by Gasteiger charge is 2.11. The molecule has 0 aliphatic rings. The molecule has 0 saturated heterocycles. The van der Waals surface area contributed by atoms with Gasteiger partial charge in [0.2, 0.25) is 0 Å². The quantitative estimate of drug-likeness (QED) is 0.710. The topological polar surface area (TPSA) is 17.1 Å². The Labute approximate surface area is 123 Å². The summed E-state index contributed by atoms with van der Waals surface area (Å²) >= 11 is 11.9. The van der Waals surface area contributed by atoms with E-state index in [4.69, 9.17) is 23.2 Å². The molecule has 98 valence electrons. The zero-order valence-corrected chi connectivity index (χ0v) is 12.1. The Bertz CT molecular complexity index is 585. The number of carbonyl (C=O) groups excluding carboxylic acids is 1. The fourth-order valence-electron chi connectivity index (χ4n) is 2.01. The van der Waals surface area contributed by atoms with Gasteiger partial charge in [-0.1, -0.05) is 54.7 Å². The highest BCUT2D eigenvalue weighted by atomic mass is 35.5. The second kappa shape index (κ2) is 6.23. The van der Waals surface area contributed by atoms with E-state index in [9.17, 15) is 4.79 Å². The molecule has 0 aromatic heterocycles. The zero-order chi connectivity index (χ0) is 13.8. The van der Waals surface area contributed by atoms with Crippen molar-refractivity contribution in [2.45, 2.75) is 19.8 Å². The van der Waals surface area contributed by atoms with E-state index in [0.717, 1.165) is 12.8 Å². The van der Waals surface area contributed by atoms with Crippen LogP contribution in [0, 0.1) is 0 Å². The molecule has 0 radical (unpaired) electrons. The van der Waals surface area contributed by atoms with E-state index in [1.54, 1.807) is 18.2 Å². The first-order chi connectivity index (χ1) is 9.10. The number of halogens is 2. The molecular weight excluding hydrogens is 279 g/mol. The van der Waals surface area contributed by atoms with Gasteiger partial charge in [-0.25, -0.2) is 0 Å². The Morgan fingerprint density at radius 1 is 1.00 bits per heavy atom. The second-order valence-corrected chi connectivity index (χ2v) is 5.31. The minimum absolute atomic E-state index is 0.0534. The molecule has 0 aliphatic carbocycles. The third-order valence-electron chi connectivity index (χ3n) is 2.85. The summed E-state index contributed by atoms with van der Waals surface area (Å²) in [6.45, 7) is 2.12. The highest BCUT2D eigenvalue weighted by molar-refractivity contribution is 6.35. The molecule has 0 spiro atoms. The molecule has 0 saturated carbocycles. The van der Waals surface area contributed by atoms with Crippen molar-refractivity contribution < 1.29 is 4.79 Å². The summed E-state index contributed by atoms with van der Waals surface area (Å²) in [7, 11) is 0. The van der Waals surface area contributed by atoms with Crippen LogP contribution >= 0.6 is 23.2 Å². The molecule has 0 heterocycles. The van der Waals surface area contributed by atoms with Crippen LogP contribution in [0.5, 0.6) is 0 Å². The third-order valence-corrected chi connectivity index (χ3v) is 3.29. The van der Waals surface area contributed by atoms with E-state index in [1.807, 2.05) is 24.3 Å². The number of rotatable bonds is 4. The monoisotopic (exact) mass is 292 g/mol. The van der Waals surface area contributed by atoms with Crippen LogP contribution in [-0.4, -0.2) is 5.78 Å². The van der Waals surface area contributed by atoms with Gasteiger partial charge in [-0.3, -0.25) is 4.79 Å². The van der Waals surface area contributed by atoms with Crippen molar-refractivity contribution in [3.05, 3.63) is 69.2 Å². The largest absolute Gasteiger partial charge is 0.289 e. The lowest BCUT2D eigenvalue weighted by atomic mass is 10.00. The van der Waals surface area contributed by atoms with Gasteiger partial charge in [0.25, 0.3) is 0 Å². The molecule has 0 fully saturated rings. The SMILES string of the molecule is CCCc1cccc(C(=O)c2cc(Cl)cc(Cl)c2)c1. The van der Waals surface area contributed by atoms with Gasteiger partial charge in [-0.15, -0.1) is 0 Å². The zero-order valence-electron chi connectivity index (χ0n) is 10.6. The van der Waals surface area contributed by atoms with E-state index in [1.165, 1.54) is 5.56 Å². The lowest BCUT2D eigenvalue weighted by Gasteiger charge is -2.05. The van der Waals surface area contributed by atoms with Gasteiger partial charge in [0.1, 0.15) is 0 Å². The Kier molecular flexibility index (Phi) is 4.62. The minimum atomic E-state index is -0.0534. The van der Waals surface area contributed by atoms with Crippen molar-refractivity contribution in [3.8, 4) is 0 Å². The first kappa shape index (κ1) is 14.1. The van der Waals surface area contributed by atoms with E-state index < -0.39 is 0 Å². The van der Waals surface area contributed by atoms with Gasteiger partial charge in [0, 0.05) is 21.2 Å². The number of hydrogen-bond donors (Lipinski definition) is 0. The molecule has 0 bridgehead atoms. The molecule has 0 atom stereocenters. The molecule has 3 heteroatoms. The summed E-state index contributed by atoms with van der Waals surface area (Å²) in [4.78, 5) is 12.4. The number of hydrogen-bond acceptors (Lipinski definition) is 1. The molecular formula is C16H14Cl2O. The maximum atomic E-state index is 12.4. The van der Waals surface area contributed by atoms with Crippen LogP contribution in [0.2, 0.25) is 10.0 Å². The molecule has 2 aromatic carbocycles. The molecule has 19 heavy (non-hydrogen) atoms. The van der Waals surface area contributed by atoms with Crippen molar-refractivity contribution in [1.29, 1.82) is 0 Å². The van der Waals surface area contributed by atoms with Gasteiger partial charge >= 0.3 is 0 Å². The summed E-state index contributed by atoms with van der Waals surface area (Å²) in [5.41, 5.74) is 2.36. The van der Waals surface area contributed by atoms with Crippen LogP contribution in [-0.2, 0) is 6.42 Å². The maximum absolute atomic E-state index is 12.4. The van der Waals surface area contributed by atoms with Gasteiger partial charge in [0.05, 0.1) is 0 Å². The normalized spacial score (nSPS) is 10.5. The van der Waals surface area contributed by atoms with E-state index >= 15 is 0 Å². The molecule has 0 N–H and O–H groups in total. The molecule has 1 nitrogen and oxygen atoms in total. The van der Waals surface area contributed by atoms with E-state index in [-0.39, 0.29) is 5.78 Å². The van der Waals surface area contributed by atoms with Crippen LogP contribution in [0.25, 0.3) is 0 Å². The van der Waals surface area contributed by atoms with Crippen molar-refractivity contribution in [3.63, 3.8) is 0 Å². The van der Waals surface area contributed by atoms with Gasteiger partial charge in [0.15, 0.2) is 5.78 Å². The summed E-state index contributed by atoms with van der Waals surface area (Å²) in [6.07, 6.45) is 2.03. The average Bonchev–Trinajstić information content (AvgIpc) is 2.37. The summed E-state index contributed by atoms with van der Waals surface area (Å²) in [5, 5.41) is 0.945. The maximum Gasteiger partial charge on any atom is 0.193 e. The van der Waals surface area contributed by atoms with E-state index in [2.05, 4.69) is 6.92 Å². The molecule has 0 amide bonds. The predicted octanol–water partition coefficient (Wildman–Crippen LogP) is 5.18. The van der Waals surface area contributed by atoms with Crippen molar-refractivity contribution in [2.75, 3.05) is 0 Å². The summed E-state index contributed by atoms with van der Waals surface area (Å²) in [6, 6.07) is 12.6. The van der Waals surface area contributed by atoms with Crippen LogP contribution in [0.15, 0.2) is 42.5 Å². The Morgan fingerprint density at radius 2 is 1.68 bits per heavy atom. The minimum Gasteiger partial charge on any atom is -0.289 e. The number of benzene rings is 2. The van der Waals surface area contributed by atoms with Crippen molar-refractivity contribution in [2.24, 2.45) is 0 Å². The number of ketones is 1. The number of carbonyl (C=O) groups is 1. The predicted molar refractivity (Wildman–Crippen MR) is 80.3 cm³/mol. The average molecular weight is 293 g/mol. The third kappa shape index (κ3) is 3.59. The lowest BCUT2D eigenvalue weighted by molar-refractivity contribution is 0.103. The Balaban J connectivity index is 2.35. The standard InChI is InChI=1S/C16H14Cl2O/c1-2-4-11-5-3-6-12(7-11)16(19)13-8-14(17)10-15(18)9-13/h3,5-10H,2,4H2,1H3. The first-order valence-electron chi connectivity index (χ1n) is 6.20. The smallest absolute Gasteiger partial charge is 0.193 e. The Morgan fingerprint density at radius 3 is 2.32 bits per heavy atom. The fourth-order valence-corrected chi connectivity index (χ4v) is 2.53. The molecule has 0 unspecified atom stereocenters. The second-order valence-electron chi connectivity index (χ2n) is 4.44. The van der Waals surface area contributed by atoms with Gasteiger partial charge < -0.3 is 0 Å². The number of aryl methyl sites for hydroxylation is 1.